The molecule has 1 fully saturated rings. The van der Waals surface area contributed by atoms with E-state index in [1.165, 1.54) is 19.4 Å². The van der Waals surface area contributed by atoms with Crippen molar-refractivity contribution in [3.63, 3.8) is 0 Å². The Bertz CT molecular complexity index is 688. The number of likely N-dealkylation sites (tertiary alicyclic amines) is 1. The molecule has 26 heavy (non-hydrogen) atoms. The summed E-state index contributed by atoms with van der Waals surface area (Å²) in [4.78, 5) is 11.6. The van der Waals surface area contributed by atoms with Gasteiger partial charge < -0.3 is 10.6 Å². The second kappa shape index (κ2) is 10.8. The van der Waals surface area contributed by atoms with Crippen LogP contribution >= 0.6 is 35.3 Å². The van der Waals surface area contributed by atoms with E-state index >= 15 is 0 Å². The zero-order valence-corrected chi connectivity index (χ0v) is 18.6. The van der Waals surface area contributed by atoms with Gasteiger partial charge in [-0.3, -0.25) is 9.89 Å². The van der Waals surface area contributed by atoms with E-state index in [1.807, 2.05) is 25.2 Å². The molecule has 3 rings (SSSR count). The van der Waals surface area contributed by atoms with Gasteiger partial charge in [0.15, 0.2) is 5.96 Å². The molecule has 0 saturated carbocycles. The van der Waals surface area contributed by atoms with Crippen LogP contribution < -0.4 is 10.6 Å². The standard InChI is InChI=1S/C19H27N5S.HI/c1-3-24-11-7-10-16(24)12-21-19(20-2)22-13-18-23-17(14-25-18)15-8-5-4-6-9-15;/h4-6,8-9,14,16H,3,7,10-13H2,1-2H3,(H2,20,21,22);1H. The normalized spacial score (nSPS) is 17.8. The number of nitrogens with zero attached hydrogens (tertiary/aromatic N) is 3. The number of rotatable bonds is 6. The molecule has 1 aliphatic heterocycles. The number of benzene rings is 1. The van der Waals surface area contributed by atoms with E-state index in [9.17, 15) is 0 Å². The van der Waals surface area contributed by atoms with Gasteiger partial charge in [0.25, 0.3) is 0 Å². The molecule has 7 heteroatoms. The summed E-state index contributed by atoms with van der Waals surface area (Å²) in [6.07, 6.45) is 2.57. The molecule has 5 nitrogen and oxygen atoms in total. The summed E-state index contributed by atoms with van der Waals surface area (Å²) in [7, 11) is 1.82. The lowest BCUT2D eigenvalue weighted by molar-refractivity contribution is 0.267. The van der Waals surface area contributed by atoms with E-state index in [-0.39, 0.29) is 24.0 Å². The molecule has 0 spiro atoms. The van der Waals surface area contributed by atoms with Crippen LogP contribution in [-0.2, 0) is 6.54 Å². The Morgan fingerprint density at radius 2 is 2.12 bits per heavy atom. The molecular weight excluding hydrogens is 457 g/mol. The summed E-state index contributed by atoms with van der Waals surface area (Å²) < 4.78 is 0. The van der Waals surface area contributed by atoms with Crippen molar-refractivity contribution in [3.05, 3.63) is 40.7 Å². The van der Waals surface area contributed by atoms with E-state index in [0.717, 1.165) is 35.3 Å². The molecule has 1 saturated heterocycles. The Balaban J connectivity index is 0.00000243. The molecule has 142 valence electrons. The van der Waals surface area contributed by atoms with E-state index in [1.54, 1.807) is 11.3 Å². The molecule has 1 aromatic carbocycles. The monoisotopic (exact) mass is 485 g/mol. The number of aliphatic imine (C=N–C) groups is 1. The number of thiazole rings is 1. The van der Waals surface area contributed by atoms with Crippen LogP contribution in [0.25, 0.3) is 11.3 Å². The zero-order chi connectivity index (χ0) is 17.5. The van der Waals surface area contributed by atoms with Gasteiger partial charge in [-0.15, -0.1) is 35.3 Å². The van der Waals surface area contributed by atoms with Crippen LogP contribution in [-0.4, -0.2) is 48.6 Å². The largest absolute Gasteiger partial charge is 0.355 e. The number of likely N-dealkylation sites (N-methyl/N-ethyl adjacent to an activating group) is 1. The Labute approximate surface area is 177 Å². The van der Waals surface area contributed by atoms with Crippen molar-refractivity contribution in [2.45, 2.75) is 32.4 Å². The second-order valence-corrected chi connectivity index (χ2v) is 7.17. The van der Waals surface area contributed by atoms with Gasteiger partial charge in [-0.25, -0.2) is 4.98 Å². The van der Waals surface area contributed by atoms with Crippen LogP contribution in [0.5, 0.6) is 0 Å². The first kappa shape index (κ1) is 21.1. The Morgan fingerprint density at radius 1 is 1.31 bits per heavy atom. The molecule has 0 aliphatic carbocycles. The number of halogens is 1. The first-order valence-corrected chi connectivity index (χ1v) is 9.86. The molecule has 1 unspecified atom stereocenters. The summed E-state index contributed by atoms with van der Waals surface area (Å²) in [5, 5.41) is 10.0. The van der Waals surface area contributed by atoms with Gasteiger partial charge in [0.1, 0.15) is 5.01 Å². The lowest BCUT2D eigenvalue weighted by atomic mass is 10.2. The van der Waals surface area contributed by atoms with Crippen molar-refractivity contribution >= 4 is 41.3 Å². The minimum atomic E-state index is 0. The fourth-order valence-corrected chi connectivity index (χ4v) is 4.01. The van der Waals surface area contributed by atoms with Crippen LogP contribution in [0.1, 0.15) is 24.8 Å². The zero-order valence-electron chi connectivity index (χ0n) is 15.4. The van der Waals surface area contributed by atoms with Gasteiger partial charge in [0, 0.05) is 30.6 Å². The second-order valence-electron chi connectivity index (χ2n) is 6.22. The number of hydrogen-bond donors (Lipinski definition) is 2. The van der Waals surface area contributed by atoms with E-state index < -0.39 is 0 Å². The number of aromatic nitrogens is 1. The minimum absolute atomic E-state index is 0. The van der Waals surface area contributed by atoms with Gasteiger partial charge >= 0.3 is 0 Å². The number of nitrogens with one attached hydrogen (secondary N) is 2. The fourth-order valence-electron chi connectivity index (χ4n) is 3.27. The molecule has 0 bridgehead atoms. The SMILES string of the molecule is CCN1CCCC1CNC(=NC)NCc1nc(-c2ccccc2)cs1.I. The summed E-state index contributed by atoms with van der Waals surface area (Å²) >= 11 is 1.68. The quantitative estimate of drug-likeness (QED) is 0.373. The van der Waals surface area contributed by atoms with Crippen molar-refractivity contribution in [2.75, 3.05) is 26.7 Å². The van der Waals surface area contributed by atoms with Crippen molar-refractivity contribution in [1.29, 1.82) is 0 Å². The summed E-state index contributed by atoms with van der Waals surface area (Å²) in [5.41, 5.74) is 2.20. The van der Waals surface area contributed by atoms with Gasteiger partial charge in [-0.05, 0) is 25.9 Å². The number of hydrogen-bond acceptors (Lipinski definition) is 4. The Kier molecular flexibility index (Phi) is 8.80. The fraction of sp³-hybridized carbons (Fsp3) is 0.474. The van der Waals surface area contributed by atoms with Crippen molar-refractivity contribution in [1.82, 2.24) is 20.5 Å². The van der Waals surface area contributed by atoms with Gasteiger partial charge in [-0.1, -0.05) is 37.3 Å². The highest BCUT2D eigenvalue weighted by atomic mass is 127. The molecule has 2 aromatic rings. The van der Waals surface area contributed by atoms with E-state index in [4.69, 9.17) is 4.98 Å². The summed E-state index contributed by atoms with van der Waals surface area (Å²) in [6, 6.07) is 10.9. The van der Waals surface area contributed by atoms with Crippen molar-refractivity contribution in [3.8, 4) is 11.3 Å². The van der Waals surface area contributed by atoms with E-state index in [0.29, 0.717) is 12.6 Å². The third kappa shape index (κ3) is 5.65. The molecule has 2 N–H and O–H groups in total. The minimum Gasteiger partial charge on any atom is -0.355 e. The lowest BCUT2D eigenvalue weighted by Crippen LogP contribution is -2.44. The predicted octanol–water partition coefficient (Wildman–Crippen LogP) is 3.58. The van der Waals surface area contributed by atoms with Crippen LogP contribution in [0.3, 0.4) is 0 Å². The molecule has 0 amide bonds. The van der Waals surface area contributed by atoms with Crippen LogP contribution in [0.2, 0.25) is 0 Å². The van der Waals surface area contributed by atoms with E-state index in [2.05, 4.69) is 45.0 Å². The topological polar surface area (TPSA) is 52.5 Å². The van der Waals surface area contributed by atoms with Crippen LogP contribution in [0.15, 0.2) is 40.7 Å². The van der Waals surface area contributed by atoms with Crippen LogP contribution in [0, 0.1) is 0 Å². The first-order valence-electron chi connectivity index (χ1n) is 8.98. The summed E-state index contributed by atoms with van der Waals surface area (Å²) in [6.45, 7) is 6.22. The average molecular weight is 485 g/mol. The average Bonchev–Trinajstić information content (AvgIpc) is 3.31. The molecule has 1 aromatic heterocycles. The molecule has 1 atom stereocenters. The summed E-state index contributed by atoms with van der Waals surface area (Å²) in [5.74, 6) is 0.847. The van der Waals surface area contributed by atoms with Crippen LogP contribution in [0.4, 0.5) is 0 Å². The highest BCUT2D eigenvalue weighted by Gasteiger charge is 2.22. The maximum atomic E-state index is 4.71. The highest BCUT2D eigenvalue weighted by molar-refractivity contribution is 14.0. The van der Waals surface area contributed by atoms with Gasteiger partial charge in [0.2, 0.25) is 0 Å². The molecule has 0 radical (unpaired) electrons. The maximum Gasteiger partial charge on any atom is 0.191 e. The molecule has 1 aliphatic rings. The Hall–Kier alpha value is -1.19. The third-order valence-electron chi connectivity index (χ3n) is 4.66. The van der Waals surface area contributed by atoms with Gasteiger partial charge in [0.05, 0.1) is 12.2 Å². The predicted molar refractivity (Wildman–Crippen MR) is 121 cm³/mol. The molecule has 2 heterocycles. The highest BCUT2D eigenvalue weighted by Crippen LogP contribution is 2.21. The van der Waals surface area contributed by atoms with Crippen molar-refractivity contribution in [2.24, 2.45) is 4.99 Å². The number of guanidine groups is 1. The van der Waals surface area contributed by atoms with Crippen molar-refractivity contribution < 1.29 is 0 Å². The maximum absolute atomic E-state index is 4.71. The first-order chi connectivity index (χ1) is 12.3. The smallest absolute Gasteiger partial charge is 0.191 e. The Morgan fingerprint density at radius 3 is 2.85 bits per heavy atom. The third-order valence-corrected chi connectivity index (χ3v) is 5.51. The van der Waals surface area contributed by atoms with Gasteiger partial charge in [-0.2, -0.15) is 0 Å². The molecular formula is C19H28IN5S. The lowest BCUT2D eigenvalue weighted by Gasteiger charge is -2.23.